The highest BCUT2D eigenvalue weighted by Crippen LogP contribution is 2.32. The monoisotopic (exact) mass is 142 g/mol. The van der Waals surface area contributed by atoms with E-state index in [2.05, 4.69) is 0 Å². The van der Waals surface area contributed by atoms with Crippen molar-refractivity contribution in [2.24, 2.45) is 5.92 Å². The van der Waals surface area contributed by atoms with Crippen LogP contribution in [0, 0.1) is 5.92 Å². The molecule has 1 N–H and O–H groups in total. The lowest BCUT2D eigenvalue weighted by molar-refractivity contribution is -0.0394. The van der Waals surface area contributed by atoms with Crippen LogP contribution >= 0.6 is 0 Å². The molecule has 0 aromatic carbocycles. The molecule has 0 spiro atoms. The molecule has 0 aromatic heterocycles. The normalized spacial score (nSPS) is 47.1. The molecule has 2 heterocycles. The minimum absolute atomic E-state index is 0.166. The van der Waals surface area contributed by atoms with E-state index in [4.69, 9.17) is 4.74 Å². The quantitative estimate of drug-likeness (QED) is 0.545. The summed E-state index contributed by atoms with van der Waals surface area (Å²) in [5.74, 6) is 0.744. The van der Waals surface area contributed by atoms with Gasteiger partial charge in [0.05, 0.1) is 12.2 Å². The van der Waals surface area contributed by atoms with Crippen LogP contribution in [0.5, 0.6) is 0 Å². The summed E-state index contributed by atoms with van der Waals surface area (Å²) in [6.07, 6.45) is 4.48. The lowest BCUT2D eigenvalue weighted by Crippen LogP contribution is -2.32. The van der Waals surface area contributed by atoms with Crippen LogP contribution in [0.3, 0.4) is 0 Å². The molecule has 3 atom stereocenters. The van der Waals surface area contributed by atoms with Crippen LogP contribution < -0.4 is 0 Å². The van der Waals surface area contributed by atoms with Crippen molar-refractivity contribution in [2.45, 2.75) is 37.9 Å². The standard InChI is InChI=1S/C8H14O2/c9-7-5-6-1-2-8(7)10-4-3-6/h6-9H,1-5H2. The fraction of sp³-hybridized carbons (Fsp3) is 1.00. The van der Waals surface area contributed by atoms with Crippen molar-refractivity contribution >= 4 is 0 Å². The lowest BCUT2D eigenvalue weighted by atomic mass is 9.85. The van der Waals surface area contributed by atoms with E-state index in [0.717, 1.165) is 31.8 Å². The van der Waals surface area contributed by atoms with Crippen LogP contribution in [0.1, 0.15) is 25.7 Å². The summed E-state index contributed by atoms with van der Waals surface area (Å²) >= 11 is 0. The summed E-state index contributed by atoms with van der Waals surface area (Å²) in [6, 6.07) is 0. The second-order valence-electron chi connectivity index (χ2n) is 3.44. The van der Waals surface area contributed by atoms with Gasteiger partial charge >= 0.3 is 0 Å². The Kier molecular flexibility index (Phi) is 1.66. The van der Waals surface area contributed by atoms with E-state index in [9.17, 15) is 5.11 Å². The minimum Gasteiger partial charge on any atom is -0.390 e. The third-order valence-electron chi connectivity index (χ3n) is 2.72. The number of fused-ring (bicyclic) bond motifs is 4. The minimum atomic E-state index is -0.166. The van der Waals surface area contributed by atoms with Gasteiger partial charge in [0.15, 0.2) is 0 Å². The van der Waals surface area contributed by atoms with Gasteiger partial charge in [-0.2, -0.15) is 0 Å². The van der Waals surface area contributed by atoms with Gasteiger partial charge in [0.1, 0.15) is 0 Å². The molecule has 2 saturated heterocycles. The van der Waals surface area contributed by atoms with Gasteiger partial charge < -0.3 is 9.84 Å². The van der Waals surface area contributed by atoms with Gasteiger partial charge in [-0.1, -0.05) is 0 Å². The first-order valence-corrected chi connectivity index (χ1v) is 4.16. The van der Waals surface area contributed by atoms with E-state index in [1.807, 2.05) is 0 Å². The molecule has 58 valence electrons. The average molecular weight is 142 g/mol. The third kappa shape index (κ3) is 1.06. The second-order valence-corrected chi connectivity index (χ2v) is 3.44. The molecule has 2 heteroatoms. The highest BCUT2D eigenvalue weighted by molar-refractivity contribution is 4.83. The lowest BCUT2D eigenvalue weighted by Gasteiger charge is -2.27. The Morgan fingerprint density at radius 3 is 2.90 bits per heavy atom. The number of hydrogen-bond acceptors (Lipinski definition) is 2. The zero-order valence-corrected chi connectivity index (χ0v) is 6.12. The Morgan fingerprint density at radius 2 is 2.10 bits per heavy atom. The van der Waals surface area contributed by atoms with Crippen LogP contribution in [-0.2, 0) is 4.74 Å². The first-order chi connectivity index (χ1) is 4.86. The fourth-order valence-electron chi connectivity index (χ4n) is 2.05. The molecule has 0 aromatic rings. The maximum absolute atomic E-state index is 9.45. The molecule has 1 saturated carbocycles. The van der Waals surface area contributed by atoms with Gasteiger partial charge in [0.25, 0.3) is 0 Å². The highest BCUT2D eigenvalue weighted by atomic mass is 16.5. The van der Waals surface area contributed by atoms with E-state index < -0.39 is 0 Å². The Labute approximate surface area is 61.2 Å². The van der Waals surface area contributed by atoms with E-state index in [1.165, 1.54) is 6.42 Å². The van der Waals surface area contributed by atoms with Crippen molar-refractivity contribution in [1.29, 1.82) is 0 Å². The first-order valence-electron chi connectivity index (χ1n) is 4.16. The third-order valence-corrected chi connectivity index (χ3v) is 2.72. The fourth-order valence-corrected chi connectivity index (χ4v) is 2.05. The molecule has 3 rings (SSSR count). The maximum atomic E-state index is 9.45. The van der Waals surface area contributed by atoms with Crippen molar-refractivity contribution in [3.63, 3.8) is 0 Å². The van der Waals surface area contributed by atoms with E-state index in [1.54, 1.807) is 0 Å². The van der Waals surface area contributed by atoms with Crippen molar-refractivity contribution in [1.82, 2.24) is 0 Å². The van der Waals surface area contributed by atoms with Crippen molar-refractivity contribution < 1.29 is 9.84 Å². The summed E-state index contributed by atoms with van der Waals surface area (Å²) in [5, 5.41) is 9.45. The Bertz CT molecular complexity index is 120. The largest absolute Gasteiger partial charge is 0.390 e. The molecule has 10 heavy (non-hydrogen) atoms. The SMILES string of the molecule is OC1CC2CCOC1CC2. The predicted molar refractivity (Wildman–Crippen MR) is 37.7 cm³/mol. The van der Waals surface area contributed by atoms with Crippen LogP contribution in [0.15, 0.2) is 0 Å². The molecule has 3 fully saturated rings. The number of aliphatic hydroxyl groups is 1. The summed E-state index contributed by atoms with van der Waals surface area (Å²) < 4.78 is 5.46. The molecule has 0 radical (unpaired) electrons. The van der Waals surface area contributed by atoms with Gasteiger partial charge in [-0.25, -0.2) is 0 Å². The summed E-state index contributed by atoms with van der Waals surface area (Å²) in [4.78, 5) is 0. The zero-order valence-electron chi connectivity index (χ0n) is 6.12. The Morgan fingerprint density at radius 1 is 1.20 bits per heavy atom. The Balaban J connectivity index is 2.07. The summed E-state index contributed by atoms with van der Waals surface area (Å²) in [6.45, 7) is 0.867. The molecule has 2 aliphatic heterocycles. The van der Waals surface area contributed by atoms with Gasteiger partial charge in [-0.15, -0.1) is 0 Å². The molecule has 2 bridgehead atoms. The molecular weight excluding hydrogens is 128 g/mol. The van der Waals surface area contributed by atoms with E-state index >= 15 is 0 Å². The van der Waals surface area contributed by atoms with Crippen molar-refractivity contribution in [2.75, 3.05) is 6.61 Å². The molecule has 3 aliphatic rings. The van der Waals surface area contributed by atoms with Gasteiger partial charge in [0, 0.05) is 6.61 Å². The van der Waals surface area contributed by atoms with Crippen LogP contribution in [0.4, 0.5) is 0 Å². The highest BCUT2D eigenvalue weighted by Gasteiger charge is 2.32. The second kappa shape index (κ2) is 2.51. The van der Waals surface area contributed by atoms with Crippen LogP contribution in [0.2, 0.25) is 0 Å². The summed E-state index contributed by atoms with van der Waals surface area (Å²) in [7, 11) is 0. The maximum Gasteiger partial charge on any atom is 0.0834 e. The van der Waals surface area contributed by atoms with Crippen molar-refractivity contribution in [3.8, 4) is 0 Å². The molecular formula is C8H14O2. The summed E-state index contributed by atoms with van der Waals surface area (Å²) in [5.41, 5.74) is 0. The van der Waals surface area contributed by atoms with Gasteiger partial charge in [-0.05, 0) is 31.6 Å². The number of hydrogen-bond donors (Lipinski definition) is 1. The van der Waals surface area contributed by atoms with Crippen LogP contribution in [0.25, 0.3) is 0 Å². The molecule has 3 unspecified atom stereocenters. The number of ether oxygens (including phenoxy) is 1. The number of aliphatic hydroxyl groups excluding tert-OH is 1. The molecule has 0 amide bonds. The van der Waals surface area contributed by atoms with Crippen LogP contribution in [-0.4, -0.2) is 23.9 Å². The molecule has 2 nitrogen and oxygen atoms in total. The van der Waals surface area contributed by atoms with E-state index in [0.29, 0.717) is 0 Å². The first kappa shape index (κ1) is 6.62. The van der Waals surface area contributed by atoms with Gasteiger partial charge in [0.2, 0.25) is 0 Å². The smallest absolute Gasteiger partial charge is 0.0834 e. The van der Waals surface area contributed by atoms with Crippen molar-refractivity contribution in [3.05, 3.63) is 0 Å². The average Bonchev–Trinajstić information content (AvgIpc) is 2.20. The predicted octanol–water partition coefficient (Wildman–Crippen LogP) is 0.936. The zero-order chi connectivity index (χ0) is 6.97. The number of rotatable bonds is 0. The Hall–Kier alpha value is -0.0800. The molecule has 1 aliphatic carbocycles. The van der Waals surface area contributed by atoms with Gasteiger partial charge in [-0.3, -0.25) is 0 Å². The van der Waals surface area contributed by atoms with E-state index in [-0.39, 0.29) is 12.2 Å². The topological polar surface area (TPSA) is 29.5 Å².